The van der Waals surface area contributed by atoms with Crippen LogP contribution in [0.5, 0.6) is 0 Å². The van der Waals surface area contributed by atoms with E-state index in [0.29, 0.717) is 5.69 Å². The first-order valence-electron chi connectivity index (χ1n) is 5.73. The molecule has 0 unspecified atom stereocenters. The first-order chi connectivity index (χ1) is 9.87. The van der Waals surface area contributed by atoms with E-state index >= 15 is 0 Å². The molecule has 2 heterocycles. The molecule has 0 aliphatic heterocycles. The van der Waals surface area contributed by atoms with Gasteiger partial charge in [-0.3, -0.25) is 19.4 Å². The summed E-state index contributed by atoms with van der Waals surface area (Å²) in [4.78, 5) is 14.2. The lowest BCUT2D eigenvalue weighted by Crippen LogP contribution is -2.25. The molecule has 0 aliphatic carbocycles. The average Bonchev–Trinajstić information content (AvgIpc) is 2.92. The van der Waals surface area contributed by atoms with Gasteiger partial charge in [-0.15, -0.1) is 0 Å². The third-order valence-electron chi connectivity index (χ3n) is 2.74. The van der Waals surface area contributed by atoms with E-state index in [9.17, 15) is 18.5 Å². The fraction of sp³-hybridized carbons (Fsp3) is 0.182. The summed E-state index contributed by atoms with van der Waals surface area (Å²) in [6.07, 6.45) is 2.93. The minimum Gasteiger partial charge on any atom is -0.374 e. The molecule has 0 saturated carbocycles. The highest BCUT2D eigenvalue weighted by molar-refractivity contribution is 7.94. The van der Waals surface area contributed by atoms with Gasteiger partial charge in [-0.2, -0.15) is 0 Å². The van der Waals surface area contributed by atoms with Crippen LogP contribution >= 0.6 is 11.3 Å². The molecule has 0 amide bonds. The van der Waals surface area contributed by atoms with Crippen LogP contribution in [-0.4, -0.2) is 32.4 Å². The fourth-order valence-electron chi connectivity index (χ4n) is 1.62. The Morgan fingerprint density at radius 1 is 1.48 bits per heavy atom. The summed E-state index contributed by atoms with van der Waals surface area (Å²) in [5.41, 5.74) is 0.111. The zero-order valence-electron chi connectivity index (χ0n) is 11.2. The van der Waals surface area contributed by atoms with Gasteiger partial charge < -0.3 is 5.32 Å². The Hall–Kier alpha value is -2.20. The molecule has 112 valence electrons. The second kappa shape index (κ2) is 5.66. The third kappa shape index (κ3) is 2.81. The number of aromatic nitrogens is 1. The summed E-state index contributed by atoms with van der Waals surface area (Å²) >= 11 is 0.815. The van der Waals surface area contributed by atoms with E-state index in [1.807, 2.05) is 0 Å². The largest absolute Gasteiger partial charge is 0.374 e. The van der Waals surface area contributed by atoms with Crippen LogP contribution in [0.3, 0.4) is 0 Å². The van der Waals surface area contributed by atoms with Crippen molar-refractivity contribution in [1.29, 1.82) is 0 Å². The van der Waals surface area contributed by atoms with Gasteiger partial charge in [-0.1, -0.05) is 11.3 Å². The van der Waals surface area contributed by atoms with Crippen LogP contribution in [0.1, 0.15) is 0 Å². The number of nitrogens with zero attached hydrogens (tertiary/aromatic N) is 3. The molecule has 0 fully saturated rings. The maximum Gasteiger partial charge on any atom is 0.304 e. The van der Waals surface area contributed by atoms with E-state index < -0.39 is 14.9 Å². The second-order valence-electron chi connectivity index (χ2n) is 3.97. The van der Waals surface area contributed by atoms with E-state index in [0.717, 1.165) is 21.7 Å². The Bertz CT molecular complexity index is 758. The summed E-state index contributed by atoms with van der Waals surface area (Å²) in [6, 6.07) is 4.25. The van der Waals surface area contributed by atoms with Crippen molar-refractivity contribution in [2.24, 2.45) is 0 Å². The Labute approximate surface area is 125 Å². The number of anilines is 2. The molecule has 2 aromatic rings. The van der Waals surface area contributed by atoms with Crippen molar-refractivity contribution < 1.29 is 13.3 Å². The molecular formula is C11H12N4O4S2. The normalized spacial score (nSPS) is 11.1. The zero-order chi connectivity index (χ0) is 15.6. The number of hydrogen-bond acceptors (Lipinski definition) is 7. The van der Waals surface area contributed by atoms with Crippen molar-refractivity contribution in [3.8, 4) is 0 Å². The molecule has 0 saturated heterocycles. The van der Waals surface area contributed by atoms with E-state index in [1.54, 1.807) is 12.1 Å². The molecule has 0 radical (unpaired) electrons. The smallest absolute Gasteiger partial charge is 0.304 e. The van der Waals surface area contributed by atoms with Crippen molar-refractivity contribution in [2.75, 3.05) is 23.7 Å². The molecule has 21 heavy (non-hydrogen) atoms. The van der Waals surface area contributed by atoms with Crippen LogP contribution in [0, 0.1) is 10.1 Å². The van der Waals surface area contributed by atoms with Crippen LogP contribution in [-0.2, 0) is 10.0 Å². The average molecular weight is 328 g/mol. The minimum atomic E-state index is -3.87. The van der Waals surface area contributed by atoms with Gasteiger partial charge in [-0.25, -0.2) is 8.42 Å². The van der Waals surface area contributed by atoms with Crippen molar-refractivity contribution in [3.63, 3.8) is 0 Å². The standard InChI is InChI=1S/C11H12N4O4S2/c1-12-11-9(15(16)17)6-10(20-11)21(18,19)14(2)8-4-3-5-13-7-8/h3-7,12H,1-2H3. The highest BCUT2D eigenvalue weighted by atomic mass is 32.2. The van der Waals surface area contributed by atoms with Crippen molar-refractivity contribution in [2.45, 2.75) is 4.21 Å². The Morgan fingerprint density at radius 2 is 2.19 bits per heavy atom. The second-order valence-corrected chi connectivity index (χ2v) is 7.22. The Morgan fingerprint density at radius 3 is 2.67 bits per heavy atom. The predicted molar refractivity (Wildman–Crippen MR) is 80.3 cm³/mol. The van der Waals surface area contributed by atoms with Crippen molar-refractivity contribution in [3.05, 3.63) is 40.7 Å². The lowest BCUT2D eigenvalue weighted by molar-refractivity contribution is -0.383. The molecule has 0 atom stereocenters. The number of nitrogens with one attached hydrogen (secondary N) is 1. The van der Waals surface area contributed by atoms with Gasteiger partial charge in [0.15, 0.2) is 5.00 Å². The molecular weight excluding hydrogens is 316 g/mol. The molecule has 0 bridgehead atoms. The maximum absolute atomic E-state index is 12.5. The van der Waals surface area contributed by atoms with Gasteiger partial charge in [0.2, 0.25) is 0 Å². The van der Waals surface area contributed by atoms with Gasteiger partial charge in [0.1, 0.15) is 4.21 Å². The Kier molecular flexibility index (Phi) is 4.09. The molecule has 0 spiro atoms. The molecule has 8 nitrogen and oxygen atoms in total. The van der Waals surface area contributed by atoms with E-state index in [1.165, 1.54) is 26.5 Å². The maximum atomic E-state index is 12.5. The monoisotopic (exact) mass is 328 g/mol. The molecule has 0 aromatic carbocycles. The number of thiophene rings is 1. The summed E-state index contributed by atoms with van der Waals surface area (Å²) in [7, 11) is -0.998. The first-order valence-corrected chi connectivity index (χ1v) is 7.98. The van der Waals surface area contributed by atoms with Crippen molar-refractivity contribution in [1.82, 2.24) is 4.98 Å². The summed E-state index contributed by atoms with van der Waals surface area (Å²) < 4.78 is 25.9. The lowest BCUT2D eigenvalue weighted by Gasteiger charge is -2.17. The van der Waals surface area contributed by atoms with Crippen LogP contribution in [0.25, 0.3) is 0 Å². The minimum absolute atomic E-state index is 0.107. The highest BCUT2D eigenvalue weighted by Crippen LogP contribution is 2.38. The number of rotatable bonds is 5. The van der Waals surface area contributed by atoms with Gasteiger partial charge in [0.25, 0.3) is 10.0 Å². The highest BCUT2D eigenvalue weighted by Gasteiger charge is 2.29. The number of pyridine rings is 1. The van der Waals surface area contributed by atoms with Gasteiger partial charge in [-0.05, 0) is 12.1 Å². The molecule has 2 rings (SSSR count). The first kappa shape index (κ1) is 15.2. The van der Waals surface area contributed by atoms with Crippen LogP contribution in [0.4, 0.5) is 16.4 Å². The van der Waals surface area contributed by atoms with E-state index in [2.05, 4.69) is 10.3 Å². The predicted octanol–water partition coefficient (Wildman–Crippen LogP) is 1.92. The zero-order valence-corrected chi connectivity index (χ0v) is 12.8. The van der Waals surface area contributed by atoms with Crippen LogP contribution < -0.4 is 9.62 Å². The fourth-order valence-corrected chi connectivity index (χ4v) is 4.25. The third-order valence-corrected chi connectivity index (χ3v) is 6.11. The quantitative estimate of drug-likeness (QED) is 0.664. The molecule has 0 aliphatic rings. The van der Waals surface area contributed by atoms with E-state index in [-0.39, 0.29) is 14.9 Å². The summed E-state index contributed by atoms with van der Waals surface area (Å²) in [6.45, 7) is 0. The number of hydrogen-bond donors (Lipinski definition) is 1. The van der Waals surface area contributed by atoms with Gasteiger partial charge >= 0.3 is 5.69 Å². The van der Waals surface area contributed by atoms with E-state index in [4.69, 9.17) is 0 Å². The molecule has 1 N–H and O–H groups in total. The Balaban J connectivity index is 2.47. The summed E-state index contributed by atoms with van der Waals surface area (Å²) in [5.74, 6) is 0. The number of nitro groups is 1. The van der Waals surface area contributed by atoms with Crippen LogP contribution in [0.15, 0.2) is 34.8 Å². The lowest BCUT2D eigenvalue weighted by atomic mass is 10.4. The topological polar surface area (TPSA) is 105 Å². The van der Waals surface area contributed by atoms with Gasteiger partial charge in [0.05, 0.1) is 16.8 Å². The molecule has 10 heteroatoms. The van der Waals surface area contributed by atoms with Crippen LogP contribution in [0.2, 0.25) is 0 Å². The summed E-state index contributed by atoms with van der Waals surface area (Å²) in [5, 5.41) is 13.7. The SMILES string of the molecule is CNc1sc(S(=O)(=O)N(C)c2cccnc2)cc1[N+](=O)[O-]. The number of sulfonamides is 1. The van der Waals surface area contributed by atoms with Crippen molar-refractivity contribution >= 4 is 37.7 Å². The van der Waals surface area contributed by atoms with Gasteiger partial charge in [0, 0.05) is 26.4 Å². The molecule has 2 aromatic heterocycles.